The van der Waals surface area contributed by atoms with Gasteiger partial charge in [0, 0.05) is 0 Å². The molecule has 150 valence electrons. The number of benzene rings is 4. The van der Waals surface area contributed by atoms with Crippen molar-refractivity contribution in [2.75, 3.05) is 0 Å². The summed E-state index contributed by atoms with van der Waals surface area (Å²) in [5.41, 5.74) is 0.998. The third-order valence-electron chi connectivity index (χ3n) is 5.98. The first kappa shape index (κ1) is 20.1. The fourth-order valence-corrected chi connectivity index (χ4v) is 4.43. The average molecular weight is 395 g/mol. The van der Waals surface area contributed by atoms with Gasteiger partial charge in [0.05, 0.1) is 0 Å². The minimum atomic E-state index is -1.72. The highest BCUT2D eigenvalue weighted by molar-refractivity contribution is 5.53. The molecule has 0 saturated carbocycles. The Kier molecular flexibility index (Phi) is 5.29. The second kappa shape index (κ2) is 7.91. The minimum Gasteiger partial charge on any atom is -0.377 e. The van der Waals surface area contributed by atoms with E-state index in [1.165, 1.54) is 0 Å². The smallest absolute Gasteiger partial charge is 0.152 e. The van der Waals surface area contributed by atoms with Crippen LogP contribution in [0.5, 0.6) is 0 Å². The Morgan fingerprint density at radius 2 is 0.733 bits per heavy atom. The second-order valence-corrected chi connectivity index (χ2v) is 7.78. The van der Waals surface area contributed by atoms with Crippen LogP contribution in [0, 0.1) is 13.8 Å². The van der Waals surface area contributed by atoms with Gasteiger partial charge < -0.3 is 10.2 Å². The highest BCUT2D eigenvalue weighted by Gasteiger charge is 2.55. The quantitative estimate of drug-likeness (QED) is 0.471. The van der Waals surface area contributed by atoms with Gasteiger partial charge in [-0.1, -0.05) is 109 Å². The summed E-state index contributed by atoms with van der Waals surface area (Å²) in [6, 6.07) is 34.3. The highest BCUT2D eigenvalue weighted by Crippen LogP contribution is 2.51. The van der Waals surface area contributed by atoms with Crippen molar-refractivity contribution in [3.8, 4) is 0 Å². The van der Waals surface area contributed by atoms with E-state index in [4.69, 9.17) is 0 Å². The monoisotopic (exact) mass is 394 g/mol. The topological polar surface area (TPSA) is 40.5 Å². The summed E-state index contributed by atoms with van der Waals surface area (Å²) in [6.45, 7) is 3.93. The predicted molar refractivity (Wildman–Crippen MR) is 121 cm³/mol. The zero-order valence-corrected chi connectivity index (χ0v) is 17.3. The first-order chi connectivity index (χ1) is 14.5. The van der Waals surface area contributed by atoms with Gasteiger partial charge in [0.1, 0.15) is 0 Å². The molecule has 0 fully saturated rings. The van der Waals surface area contributed by atoms with E-state index < -0.39 is 11.2 Å². The first-order valence-electron chi connectivity index (χ1n) is 10.2. The molecular weight excluding hydrogens is 368 g/mol. The molecule has 2 heteroatoms. The SMILES string of the molecule is Cc1ccccc1C(O)(c1ccccc1)C(O)(c1ccccc1)c1ccccc1C. The van der Waals surface area contributed by atoms with E-state index in [1.54, 1.807) is 0 Å². The molecule has 0 radical (unpaired) electrons. The number of hydrogen-bond acceptors (Lipinski definition) is 2. The van der Waals surface area contributed by atoms with Gasteiger partial charge in [0.2, 0.25) is 0 Å². The van der Waals surface area contributed by atoms with E-state index in [-0.39, 0.29) is 0 Å². The van der Waals surface area contributed by atoms with E-state index in [1.807, 2.05) is 123 Å². The standard InChI is InChI=1S/C28H26O2/c1-21-13-9-11-19-25(21)27(29,23-15-5-3-6-16-23)28(30,24-17-7-4-8-18-24)26-20-12-10-14-22(26)2/h3-20,29-30H,1-2H3. The lowest BCUT2D eigenvalue weighted by Gasteiger charge is -2.46. The fraction of sp³-hybridized carbons (Fsp3) is 0.143. The van der Waals surface area contributed by atoms with Gasteiger partial charge >= 0.3 is 0 Å². The van der Waals surface area contributed by atoms with Gasteiger partial charge in [0.15, 0.2) is 11.2 Å². The predicted octanol–water partition coefficient (Wildman–Crippen LogP) is 5.48. The van der Waals surface area contributed by atoms with Crippen molar-refractivity contribution < 1.29 is 10.2 Å². The number of aryl methyl sites for hydroxylation is 2. The molecule has 0 heterocycles. The van der Waals surface area contributed by atoms with E-state index in [9.17, 15) is 10.2 Å². The first-order valence-corrected chi connectivity index (χ1v) is 10.2. The molecule has 2 nitrogen and oxygen atoms in total. The van der Waals surface area contributed by atoms with Crippen molar-refractivity contribution in [1.82, 2.24) is 0 Å². The lowest BCUT2D eigenvalue weighted by Crippen LogP contribution is -2.51. The molecule has 0 spiro atoms. The van der Waals surface area contributed by atoms with E-state index in [0.29, 0.717) is 22.3 Å². The second-order valence-electron chi connectivity index (χ2n) is 7.78. The van der Waals surface area contributed by atoms with Crippen molar-refractivity contribution in [3.63, 3.8) is 0 Å². The maximum absolute atomic E-state index is 12.6. The molecule has 2 atom stereocenters. The summed E-state index contributed by atoms with van der Waals surface area (Å²) in [4.78, 5) is 0. The molecule has 0 aliphatic carbocycles. The molecule has 0 aliphatic heterocycles. The molecule has 0 saturated heterocycles. The summed E-state index contributed by atoms with van der Waals surface area (Å²) in [7, 11) is 0. The number of hydrogen-bond donors (Lipinski definition) is 2. The van der Waals surface area contributed by atoms with Crippen LogP contribution in [0.25, 0.3) is 0 Å². The van der Waals surface area contributed by atoms with Gasteiger partial charge in [-0.05, 0) is 47.2 Å². The maximum Gasteiger partial charge on any atom is 0.152 e. The van der Waals surface area contributed by atoms with Crippen molar-refractivity contribution in [1.29, 1.82) is 0 Å². The van der Waals surface area contributed by atoms with Crippen molar-refractivity contribution >= 4 is 0 Å². The minimum absolute atomic E-state index is 0.633. The van der Waals surface area contributed by atoms with Crippen LogP contribution in [0.2, 0.25) is 0 Å². The van der Waals surface area contributed by atoms with Crippen LogP contribution in [-0.4, -0.2) is 10.2 Å². The average Bonchev–Trinajstić information content (AvgIpc) is 2.80. The Labute approximate surface area is 178 Å². The zero-order chi connectivity index (χ0) is 21.2. The molecule has 0 aliphatic rings. The van der Waals surface area contributed by atoms with E-state index in [2.05, 4.69) is 0 Å². The van der Waals surface area contributed by atoms with Crippen LogP contribution in [-0.2, 0) is 11.2 Å². The summed E-state index contributed by atoms with van der Waals surface area (Å²) in [5, 5.41) is 25.3. The Morgan fingerprint density at radius 1 is 0.433 bits per heavy atom. The van der Waals surface area contributed by atoms with Crippen molar-refractivity contribution in [2.45, 2.75) is 25.0 Å². The Balaban J connectivity index is 2.16. The highest BCUT2D eigenvalue weighted by atomic mass is 16.4. The van der Waals surface area contributed by atoms with Gasteiger partial charge in [-0.3, -0.25) is 0 Å². The van der Waals surface area contributed by atoms with Crippen LogP contribution in [0.3, 0.4) is 0 Å². The Morgan fingerprint density at radius 3 is 1.07 bits per heavy atom. The molecule has 4 rings (SSSR count). The van der Waals surface area contributed by atoms with Crippen molar-refractivity contribution in [2.24, 2.45) is 0 Å². The molecule has 0 amide bonds. The molecule has 2 unspecified atom stereocenters. The Bertz CT molecular complexity index is 1040. The maximum atomic E-state index is 12.6. The van der Waals surface area contributed by atoms with Gasteiger partial charge in [-0.25, -0.2) is 0 Å². The lowest BCUT2D eigenvalue weighted by atomic mass is 9.65. The van der Waals surface area contributed by atoms with Gasteiger partial charge in [0.25, 0.3) is 0 Å². The van der Waals surface area contributed by atoms with Crippen LogP contribution in [0.1, 0.15) is 33.4 Å². The van der Waals surface area contributed by atoms with Crippen LogP contribution in [0.15, 0.2) is 109 Å². The van der Waals surface area contributed by atoms with Crippen LogP contribution >= 0.6 is 0 Å². The van der Waals surface area contributed by atoms with Crippen LogP contribution < -0.4 is 0 Å². The molecule has 2 N–H and O–H groups in total. The van der Waals surface area contributed by atoms with Gasteiger partial charge in [-0.2, -0.15) is 0 Å². The summed E-state index contributed by atoms with van der Waals surface area (Å²) >= 11 is 0. The summed E-state index contributed by atoms with van der Waals surface area (Å²) in [6.07, 6.45) is 0. The van der Waals surface area contributed by atoms with E-state index >= 15 is 0 Å². The van der Waals surface area contributed by atoms with E-state index in [0.717, 1.165) is 11.1 Å². The fourth-order valence-electron chi connectivity index (χ4n) is 4.43. The Hall–Kier alpha value is -3.20. The summed E-state index contributed by atoms with van der Waals surface area (Å²) < 4.78 is 0. The zero-order valence-electron chi connectivity index (χ0n) is 17.3. The number of aliphatic hydroxyl groups is 2. The third kappa shape index (κ3) is 3.06. The summed E-state index contributed by atoms with van der Waals surface area (Å²) in [5.74, 6) is 0. The number of rotatable bonds is 5. The molecule has 30 heavy (non-hydrogen) atoms. The largest absolute Gasteiger partial charge is 0.377 e. The van der Waals surface area contributed by atoms with Crippen LogP contribution in [0.4, 0.5) is 0 Å². The lowest BCUT2D eigenvalue weighted by molar-refractivity contribution is -0.113. The van der Waals surface area contributed by atoms with Crippen molar-refractivity contribution in [3.05, 3.63) is 143 Å². The molecule has 4 aromatic rings. The normalized spacial score (nSPS) is 15.2. The van der Waals surface area contributed by atoms with Gasteiger partial charge in [-0.15, -0.1) is 0 Å². The molecule has 0 aromatic heterocycles. The molecule has 0 bridgehead atoms. The molecule has 4 aromatic carbocycles. The molecular formula is C28H26O2. The third-order valence-corrected chi connectivity index (χ3v) is 5.98.